The summed E-state index contributed by atoms with van der Waals surface area (Å²) in [6.07, 6.45) is 0.479. The van der Waals surface area contributed by atoms with E-state index >= 15 is 0 Å². The van der Waals surface area contributed by atoms with Gasteiger partial charge in [-0.3, -0.25) is 4.79 Å². The number of nitrogens with one attached hydrogen (secondary N) is 1. The molecule has 1 fully saturated rings. The van der Waals surface area contributed by atoms with Crippen molar-refractivity contribution in [2.45, 2.75) is 13.3 Å². The number of carbonyl (C=O) groups is 1. The lowest BCUT2D eigenvalue weighted by Crippen LogP contribution is -2.46. The number of nitrogens with zero attached hydrogens (tertiary/aromatic N) is 2. The van der Waals surface area contributed by atoms with Gasteiger partial charge in [-0.05, 0) is 18.7 Å². The second-order valence-corrected chi connectivity index (χ2v) is 5.64. The van der Waals surface area contributed by atoms with Gasteiger partial charge in [0, 0.05) is 45.2 Å². The lowest BCUT2D eigenvalue weighted by Gasteiger charge is -2.33. The highest BCUT2D eigenvalue weighted by molar-refractivity contribution is 5.92. The fraction of sp³-hybridized carbons (Fsp3) is 0.588. The summed E-state index contributed by atoms with van der Waals surface area (Å²) >= 11 is 0. The normalized spacial score (nSPS) is 15.5. The van der Waals surface area contributed by atoms with E-state index in [0.29, 0.717) is 23.6 Å². The minimum Gasteiger partial charge on any atom is -0.497 e. The van der Waals surface area contributed by atoms with Gasteiger partial charge < -0.3 is 24.6 Å². The van der Waals surface area contributed by atoms with Crippen LogP contribution in [0.3, 0.4) is 0 Å². The summed E-state index contributed by atoms with van der Waals surface area (Å²) in [5.41, 5.74) is 0.646. The van der Waals surface area contributed by atoms with Crippen LogP contribution in [-0.4, -0.2) is 69.2 Å². The Hall–Kier alpha value is -1.50. The molecule has 1 heterocycles. The van der Waals surface area contributed by atoms with Gasteiger partial charge in [-0.2, -0.15) is 0 Å². The van der Waals surface area contributed by atoms with Crippen molar-refractivity contribution in [2.24, 2.45) is 0 Å². The number of amides is 1. The SMILES string of the molecule is CCN1CCN(CCC(=O)Nc2cc(OC)ccc2OC)CC1.Cl. The highest BCUT2D eigenvalue weighted by Crippen LogP contribution is 2.28. The van der Waals surface area contributed by atoms with Crippen LogP contribution in [0.5, 0.6) is 11.5 Å². The minimum absolute atomic E-state index is 0. The molecule has 2 rings (SSSR count). The van der Waals surface area contributed by atoms with E-state index in [0.717, 1.165) is 39.3 Å². The van der Waals surface area contributed by atoms with Crippen molar-refractivity contribution in [3.8, 4) is 11.5 Å². The Morgan fingerprint density at radius 2 is 1.79 bits per heavy atom. The number of hydrogen-bond acceptors (Lipinski definition) is 5. The van der Waals surface area contributed by atoms with Gasteiger partial charge in [0.05, 0.1) is 19.9 Å². The van der Waals surface area contributed by atoms with E-state index < -0.39 is 0 Å². The third-order valence-electron chi connectivity index (χ3n) is 4.25. The first kappa shape index (κ1) is 20.5. The van der Waals surface area contributed by atoms with Crippen molar-refractivity contribution in [3.63, 3.8) is 0 Å². The quantitative estimate of drug-likeness (QED) is 0.809. The Morgan fingerprint density at radius 1 is 1.12 bits per heavy atom. The lowest BCUT2D eigenvalue weighted by atomic mass is 10.2. The summed E-state index contributed by atoms with van der Waals surface area (Å²) in [6.45, 7) is 8.31. The molecule has 0 bridgehead atoms. The Labute approximate surface area is 150 Å². The number of piperazine rings is 1. The van der Waals surface area contributed by atoms with Crippen molar-refractivity contribution in [1.29, 1.82) is 0 Å². The average molecular weight is 358 g/mol. The number of ether oxygens (including phenoxy) is 2. The highest BCUT2D eigenvalue weighted by Gasteiger charge is 2.16. The topological polar surface area (TPSA) is 54.0 Å². The Morgan fingerprint density at radius 3 is 2.38 bits per heavy atom. The molecular formula is C17H28ClN3O3. The van der Waals surface area contributed by atoms with E-state index in [9.17, 15) is 4.79 Å². The van der Waals surface area contributed by atoms with E-state index in [2.05, 4.69) is 22.0 Å². The summed E-state index contributed by atoms with van der Waals surface area (Å²) in [5.74, 6) is 1.32. The number of benzene rings is 1. The molecule has 1 aromatic rings. The molecule has 0 aromatic heterocycles. The first-order valence-corrected chi connectivity index (χ1v) is 8.12. The Balaban J connectivity index is 0.00000288. The number of hydrogen-bond donors (Lipinski definition) is 1. The molecule has 1 saturated heterocycles. The van der Waals surface area contributed by atoms with Crippen LogP contribution >= 0.6 is 12.4 Å². The van der Waals surface area contributed by atoms with E-state index in [-0.39, 0.29) is 18.3 Å². The van der Waals surface area contributed by atoms with Crippen LogP contribution in [0.25, 0.3) is 0 Å². The summed E-state index contributed by atoms with van der Waals surface area (Å²) in [5, 5.41) is 2.91. The molecule has 1 aliphatic heterocycles. The molecule has 1 amide bonds. The van der Waals surface area contributed by atoms with Gasteiger partial charge in [-0.15, -0.1) is 12.4 Å². The summed E-state index contributed by atoms with van der Waals surface area (Å²) in [4.78, 5) is 17.0. The Kier molecular flexibility index (Phi) is 8.89. The maximum atomic E-state index is 12.2. The van der Waals surface area contributed by atoms with Crippen LogP contribution in [0.2, 0.25) is 0 Å². The van der Waals surface area contributed by atoms with Crippen molar-refractivity contribution in [3.05, 3.63) is 18.2 Å². The number of anilines is 1. The smallest absolute Gasteiger partial charge is 0.225 e. The van der Waals surface area contributed by atoms with Crippen LogP contribution in [0.15, 0.2) is 18.2 Å². The zero-order valence-electron chi connectivity index (χ0n) is 14.7. The predicted molar refractivity (Wildman–Crippen MR) is 98.6 cm³/mol. The van der Waals surface area contributed by atoms with E-state index in [1.54, 1.807) is 26.4 Å². The van der Waals surface area contributed by atoms with E-state index in [4.69, 9.17) is 9.47 Å². The molecule has 7 heteroatoms. The standard InChI is InChI=1S/C17H27N3O3.ClH/c1-4-19-9-11-20(12-10-19)8-7-17(21)18-15-13-14(22-2)5-6-16(15)23-3;/h5-6,13H,4,7-12H2,1-3H3,(H,18,21);1H. The second-order valence-electron chi connectivity index (χ2n) is 5.64. The zero-order valence-corrected chi connectivity index (χ0v) is 15.5. The van der Waals surface area contributed by atoms with Crippen molar-refractivity contribution in [1.82, 2.24) is 9.80 Å². The number of rotatable bonds is 7. The van der Waals surface area contributed by atoms with Gasteiger partial charge in [0.1, 0.15) is 11.5 Å². The summed E-state index contributed by atoms with van der Waals surface area (Å²) in [6, 6.07) is 5.37. The van der Waals surface area contributed by atoms with Gasteiger partial charge in [0.15, 0.2) is 0 Å². The van der Waals surface area contributed by atoms with Crippen LogP contribution < -0.4 is 14.8 Å². The fourth-order valence-corrected chi connectivity index (χ4v) is 2.71. The van der Waals surface area contributed by atoms with E-state index in [1.165, 1.54) is 0 Å². The Bertz CT molecular complexity index is 520. The largest absolute Gasteiger partial charge is 0.497 e. The molecule has 0 atom stereocenters. The summed E-state index contributed by atoms with van der Waals surface area (Å²) in [7, 11) is 3.19. The highest BCUT2D eigenvalue weighted by atomic mass is 35.5. The molecule has 0 unspecified atom stereocenters. The van der Waals surface area contributed by atoms with Crippen LogP contribution in [0, 0.1) is 0 Å². The maximum Gasteiger partial charge on any atom is 0.225 e. The number of carbonyl (C=O) groups excluding carboxylic acids is 1. The van der Waals surface area contributed by atoms with Gasteiger partial charge in [-0.25, -0.2) is 0 Å². The first-order chi connectivity index (χ1) is 11.2. The van der Waals surface area contributed by atoms with Crippen molar-refractivity contribution >= 4 is 24.0 Å². The molecule has 1 aromatic carbocycles. The van der Waals surface area contributed by atoms with Crippen molar-refractivity contribution in [2.75, 3.05) is 58.8 Å². The number of halogens is 1. The van der Waals surface area contributed by atoms with E-state index in [1.807, 2.05) is 6.07 Å². The molecule has 0 aliphatic carbocycles. The fourth-order valence-electron chi connectivity index (χ4n) is 2.71. The molecule has 6 nitrogen and oxygen atoms in total. The second kappa shape index (κ2) is 10.4. The summed E-state index contributed by atoms with van der Waals surface area (Å²) < 4.78 is 10.5. The van der Waals surface area contributed by atoms with Gasteiger partial charge in [-0.1, -0.05) is 6.92 Å². The molecule has 0 radical (unpaired) electrons. The van der Waals surface area contributed by atoms with Crippen LogP contribution in [0.1, 0.15) is 13.3 Å². The number of methoxy groups -OCH3 is 2. The van der Waals surface area contributed by atoms with Crippen LogP contribution in [0.4, 0.5) is 5.69 Å². The van der Waals surface area contributed by atoms with Gasteiger partial charge in [0.25, 0.3) is 0 Å². The molecule has 1 aliphatic rings. The monoisotopic (exact) mass is 357 g/mol. The maximum absolute atomic E-state index is 12.2. The number of likely N-dealkylation sites (N-methyl/N-ethyl adjacent to an activating group) is 1. The molecule has 0 saturated carbocycles. The molecule has 0 spiro atoms. The molecule has 1 N–H and O–H groups in total. The van der Waals surface area contributed by atoms with Gasteiger partial charge >= 0.3 is 0 Å². The van der Waals surface area contributed by atoms with Crippen LogP contribution in [-0.2, 0) is 4.79 Å². The predicted octanol–water partition coefficient (Wildman–Crippen LogP) is 2.09. The van der Waals surface area contributed by atoms with Crippen molar-refractivity contribution < 1.29 is 14.3 Å². The van der Waals surface area contributed by atoms with Gasteiger partial charge in [0.2, 0.25) is 5.91 Å². The lowest BCUT2D eigenvalue weighted by molar-refractivity contribution is -0.116. The molecule has 24 heavy (non-hydrogen) atoms. The zero-order chi connectivity index (χ0) is 16.7. The third-order valence-corrected chi connectivity index (χ3v) is 4.25. The molecular weight excluding hydrogens is 330 g/mol. The first-order valence-electron chi connectivity index (χ1n) is 8.12. The molecule has 136 valence electrons. The average Bonchev–Trinajstić information content (AvgIpc) is 2.60. The minimum atomic E-state index is -0.00512. The third kappa shape index (κ3) is 5.85.